The molecule has 0 aromatic heterocycles. The van der Waals surface area contributed by atoms with Gasteiger partial charge in [-0.3, -0.25) is 9.59 Å². The van der Waals surface area contributed by atoms with E-state index in [4.69, 9.17) is 10.8 Å². The number of aliphatic hydroxyl groups excluding tert-OH is 1. The first-order chi connectivity index (χ1) is 8.47. The van der Waals surface area contributed by atoms with E-state index in [-0.39, 0.29) is 30.7 Å². The van der Waals surface area contributed by atoms with E-state index >= 15 is 0 Å². The summed E-state index contributed by atoms with van der Waals surface area (Å²) in [6, 6.07) is -0.0553. The van der Waals surface area contributed by atoms with Crippen LogP contribution < -0.4 is 11.1 Å². The Morgan fingerprint density at radius 2 is 1.94 bits per heavy atom. The van der Waals surface area contributed by atoms with Gasteiger partial charge in [-0.1, -0.05) is 26.1 Å². The number of hydrogen-bond acceptors (Lipinski definition) is 4. The molecule has 0 heterocycles. The maximum absolute atomic E-state index is 11.9. The average molecular weight is 275 g/mol. The SMILES string of the molecule is CCC(CC)N(CCO)C(=O)C(=O)NCC(N)=S. The molecule has 4 N–H and O–H groups in total. The highest BCUT2D eigenvalue weighted by molar-refractivity contribution is 7.80. The minimum absolute atomic E-state index is 0.00418. The molecule has 0 bridgehead atoms. The van der Waals surface area contributed by atoms with Crippen LogP contribution in [0, 0.1) is 0 Å². The van der Waals surface area contributed by atoms with Gasteiger partial charge in [0.25, 0.3) is 0 Å². The van der Waals surface area contributed by atoms with E-state index in [2.05, 4.69) is 17.5 Å². The molecule has 0 saturated carbocycles. The minimum atomic E-state index is -0.747. The summed E-state index contributed by atoms with van der Waals surface area (Å²) < 4.78 is 0. The lowest BCUT2D eigenvalue weighted by Gasteiger charge is -2.29. The van der Waals surface area contributed by atoms with E-state index in [9.17, 15) is 9.59 Å². The fourth-order valence-corrected chi connectivity index (χ4v) is 1.73. The van der Waals surface area contributed by atoms with Gasteiger partial charge < -0.3 is 21.1 Å². The Morgan fingerprint density at radius 3 is 2.33 bits per heavy atom. The molecule has 0 radical (unpaired) electrons. The molecule has 7 heteroatoms. The molecule has 0 aliphatic rings. The average Bonchev–Trinajstić information content (AvgIpc) is 2.35. The van der Waals surface area contributed by atoms with Gasteiger partial charge in [0, 0.05) is 12.6 Å². The highest BCUT2D eigenvalue weighted by Gasteiger charge is 2.26. The molecule has 0 aromatic rings. The Bertz CT molecular complexity index is 306. The highest BCUT2D eigenvalue weighted by Crippen LogP contribution is 2.08. The van der Waals surface area contributed by atoms with Crippen molar-refractivity contribution in [3.8, 4) is 0 Å². The van der Waals surface area contributed by atoms with E-state index in [0.29, 0.717) is 0 Å². The third-order valence-corrected chi connectivity index (χ3v) is 2.75. The topological polar surface area (TPSA) is 95.7 Å². The first kappa shape index (κ1) is 16.8. The monoisotopic (exact) mass is 275 g/mol. The molecule has 18 heavy (non-hydrogen) atoms. The van der Waals surface area contributed by atoms with Crippen molar-refractivity contribution >= 4 is 29.0 Å². The van der Waals surface area contributed by atoms with Crippen LogP contribution in [0.3, 0.4) is 0 Å². The van der Waals surface area contributed by atoms with Gasteiger partial charge in [0.15, 0.2) is 0 Å². The van der Waals surface area contributed by atoms with Gasteiger partial charge in [-0.2, -0.15) is 0 Å². The Kier molecular flexibility index (Phi) is 8.23. The third-order valence-electron chi connectivity index (χ3n) is 2.60. The number of nitrogens with zero attached hydrogens (tertiary/aromatic N) is 1. The summed E-state index contributed by atoms with van der Waals surface area (Å²) >= 11 is 4.61. The van der Waals surface area contributed by atoms with Gasteiger partial charge in [-0.05, 0) is 12.8 Å². The van der Waals surface area contributed by atoms with Gasteiger partial charge in [0.2, 0.25) is 0 Å². The molecule has 6 nitrogen and oxygen atoms in total. The van der Waals surface area contributed by atoms with Crippen LogP contribution in [0.2, 0.25) is 0 Å². The van der Waals surface area contributed by atoms with Crippen molar-refractivity contribution in [1.82, 2.24) is 10.2 Å². The maximum Gasteiger partial charge on any atom is 0.312 e. The van der Waals surface area contributed by atoms with Gasteiger partial charge in [-0.25, -0.2) is 0 Å². The zero-order chi connectivity index (χ0) is 14.1. The van der Waals surface area contributed by atoms with Crippen LogP contribution in [0.25, 0.3) is 0 Å². The quantitative estimate of drug-likeness (QED) is 0.426. The number of nitrogens with two attached hydrogens (primary N) is 1. The Labute approximate surface area is 113 Å². The second kappa shape index (κ2) is 8.82. The van der Waals surface area contributed by atoms with Crippen LogP contribution in [0.1, 0.15) is 26.7 Å². The summed E-state index contributed by atoms with van der Waals surface area (Å²) in [4.78, 5) is 25.0. The van der Waals surface area contributed by atoms with Crippen molar-refractivity contribution in [2.75, 3.05) is 19.7 Å². The molecule has 0 spiro atoms. The van der Waals surface area contributed by atoms with Gasteiger partial charge >= 0.3 is 11.8 Å². The maximum atomic E-state index is 11.9. The number of carbonyl (C=O) groups is 2. The van der Waals surface area contributed by atoms with Crippen LogP contribution in [-0.2, 0) is 9.59 Å². The van der Waals surface area contributed by atoms with Crippen molar-refractivity contribution in [3.05, 3.63) is 0 Å². The van der Waals surface area contributed by atoms with Crippen molar-refractivity contribution < 1.29 is 14.7 Å². The summed E-state index contributed by atoms with van der Waals surface area (Å²) in [6.45, 7) is 3.82. The molecule has 0 aliphatic heterocycles. The van der Waals surface area contributed by atoms with Crippen molar-refractivity contribution in [1.29, 1.82) is 0 Å². The summed E-state index contributed by atoms with van der Waals surface area (Å²) in [5.74, 6) is -1.41. The van der Waals surface area contributed by atoms with E-state index in [1.165, 1.54) is 4.90 Å². The van der Waals surface area contributed by atoms with Gasteiger partial charge in [-0.15, -0.1) is 0 Å². The fourth-order valence-electron chi connectivity index (χ4n) is 1.66. The largest absolute Gasteiger partial charge is 0.395 e. The lowest BCUT2D eigenvalue weighted by Crippen LogP contribution is -2.49. The minimum Gasteiger partial charge on any atom is -0.395 e. The first-order valence-electron chi connectivity index (χ1n) is 5.95. The van der Waals surface area contributed by atoms with Crippen molar-refractivity contribution in [2.24, 2.45) is 5.73 Å². The Hall–Kier alpha value is -1.21. The molecular weight excluding hydrogens is 254 g/mol. The molecule has 0 atom stereocenters. The van der Waals surface area contributed by atoms with E-state index < -0.39 is 11.8 Å². The van der Waals surface area contributed by atoms with Gasteiger partial charge in [0.05, 0.1) is 18.1 Å². The molecule has 0 fully saturated rings. The second-order valence-electron chi connectivity index (χ2n) is 3.84. The van der Waals surface area contributed by atoms with E-state index in [1.54, 1.807) is 0 Å². The molecule has 104 valence electrons. The zero-order valence-electron chi connectivity index (χ0n) is 10.8. The molecule has 2 amide bonds. The molecule has 0 unspecified atom stereocenters. The fraction of sp³-hybridized carbons (Fsp3) is 0.727. The smallest absolute Gasteiger partial charge is 0.312 e. The lowest BCUT2D eigenvalue weighted by molar-refractivity contribution is -0.147. The molecule has 0 aliphatic carbocycles. The van der Waals surface area contributed by atoms with Crippen LogP contribution in [0.15, 0.2) is 0 Å². The van der Waals surface area contributed by atoms with Gasteiger partial charge in [0.1, 0.15) is 0 Å². The summed E-state index contributed by atoms with van der Waals surface area (Å²) in [6.07, 6.45) is 1.45. The number of nitrogens with one attached hydrogen (secondary N) is 1. The first-order valence-corrected chi connectivity index (χ1v) is 6.36. The van der Waals surface area contributed by atoms with Crippen LogP contribution in [-0.4, -0.2) is 52.5 Å². The number of thiocarbonyl (C=S) groups is 1. The number of aliphatic hydroxyl groups is 1. The van der Waals surface area contributed by atoms with E-state index in [1.807, 2.05) is 13.8 Å². The second-order valence-corrected chi connectivity index (χ2v) is 4.37. The van der Waals surface area contributed by atoms with Crippen LogP contribution in [0.4, 0.5) is 0 Å². The number of hydrogen-bond donors (Lipinski definition) is 3. The molecule has 0 saturated heterocycles. The Balaban J connectivity index is 4.63. The number of carbonyl (C=O) groups excluding carboxylic acids is 2. The summed E-state index contributed by atoms with van der Waals surface area (Å²) in [5, 5.41) is 11.3. The molecule has 0 aromatic carbocycles. The summed E-state index contributed by atoms with van der Waals surface area (Å²) in [7, 11) is 0. The number of amides is 2. The normalized spacial score (nSPS) is 10.2. The standard InChI is InChI=1S/C11H21N3O3S/c1-3-8(4-2)14(5-6-15)11(17)10(16)13-7-9(12)18/h8,15H,3-7H2,1-2H3,(H2,12,18)(H,13,16). The van der Waals surface area contributed by atoms with Crippen molar-refractivity contribution in [2.45, 2.75) is 32.7 Å². The van der Waals surface area contributed by atoms with E-state index in [0.717, 1.165) is 12.8 Å². The summed E-state index contributed by atoms with van der Waals surface area (Å²) in [5.41, 5.74) is 5.24. The predicted molar refractivity (Wildman–Crippen MR) is 73.0 cm³/mol. The molecular formula is C11H21N3O3S. The molecule has 0 rings (SSSR count). The Morgan fingerprint density at radius 1 is 1.39 bits per heavy atom. The number of rotatable bonds is 7. The van der Waals surface area contributed by atoms with Crippen LogP contribution in [0.5, 0.6) is 0 Å². The predicted octanol–water partition coefficient (Wildman–Crippen LogP) is -0.602. The van der Waals surface area contributed by atoms with Crippen molar-refractivity contribution in [3.63, 3.8) is 0 Å². The highest BCUT2D eigenvalue weighted by atomic mass is 32.1. The third kappa shape index (κ3) is 5.42. The van der Waals surface area contributed by atoms with Crippen LogP contribution >= 0.6 is 12.2 Å². The lowest BCUT2D eigenvalue weighted by atomic mass is 10.1. The zero-order valence-corrected chi connectivity index (χ0v) is 11.6.